The van der Waals surface area contributed by atoms with E-state index >= 15 is 4.79 Å². The number of aliphatic hydroxyl groups is 2. The van der Waals surface area contributed by atoms with Crippen LogP contribution in [0.3, 0.4) is 0 Å². The van der Waals surface area contributed by atoms with Crippen LogP contribution < -0.4 is 9.64 Å². The molecule has 1 spiro atoms. The Morgan fingerprint density at radius 3 is 2.43 bits per heavy atom. The van der Waals surface area contributed by atoms with E-state index in [1.54, 1.807) is 7.11 Å². The summed E-state index contributed by atoms with van der Waals surface area (Å²) in [6.45, 7) is 6.94. The Hall–Kier alpha value is -4.47. The lowest BCUT2D eigenvalue weighted by molar-refractivity contribution is -0.896. The molecular weight excluding hydrogens is 769 g/mol. The van der Waals surface area contributed by atoms with Gasteiger partial charge in [-0.2, -0.15) is 0 Å². The third kappa shape index (κ3) is 5.20. The van der Waals surface area contributed by atoms with E-state index in [1.165, 1.54) is 21.1 Å². The molecule has 1 saturated carbocycles. The number of para-hydroxylation sites is 1. The van der Waals surface area contributed by atoms with Gasteiger partial charge in [-0.3, -0.25) is 14.5 Å². The Morgan fingerprint density at radius 1 is 1.00 bits per heavy atom. The van der Waals surface area contributed by atoms with Gasteiger partial charge < -0.3 is 48.9 Å². The number of carbonyl (C=O) groups excluding carboxylic acids is 3. The summed E-state index contributed by atoms with van der Waals surface area (Å²) in [6, 6.07) is 10.5. The summed E-state index contributed by atoms with van der Waals surface area (Å²) in [5.74, 6) is -2.08. The van der Waals surface area contributed by atoms with E-state index in [-0.39, 0.29) is 32.1 Å². The third-order valence-electron chi connectivity index (χ3n) is 15.8. The SMILES string of the molecule is CCC1(O)CC2CC(C(=O)OC)(c3cc4c(cc3OC)N(C)C3C(O)(C(=O)OC)C(OC(C)=O)C5(CC)C=CCN6CCC43C65)c3[nH]c4ccccc4c3CC[N+]([O-])(C2)C1. The number of ether oxygens (including phenoxy) is 4. The first kappa shape index (κ1) is 40.9. The van der Waals surface area contributed by atoms with Crippen LogP contribution in [-0.4, -0.2) is 133 Å². The zero-order valence-corrected chi connectivity index (χ0v) is 35.7. The van der Waals surface area contributed by atoms with Gasteiger partial charge in [-0.15, -0.1) is 0 Å². The molecule has 14 heteroatoms. The number of nitrogens with one attached hydrogen (secondary N) is 1. The first-order valence-electron chi connectivity index (χ1n) is 21.4. The van der Waals surface area contributed by atoms with E-state index in [4.69, 9.17) is 18.9 Å². The Labute approximate surface area is 350 Å². The number of piperidine rings is 1. The second-order valence-electron chi connectivity index (χ2n) is 18.6. The molecule has 322 valence electrons. The fourth-order valence-corrected chi connectivity index (χ4v) is 13.8. The number of nitrogens with zero attached hydrogens (tertiary/aromatic N) is 3. The highest BCUT2D eigenvalue weighted by molar-refractivity contribution is 5.95. The van der Waals surface area contributed by atoms with E-state index in [0.717, 1.165) is 22.0 Å². The van der Waals surface area contributed by atoms with E-state index in [1.807, 2.05) is 74.3 Å². The molecule has 2 aromatic carbocycles. The van der Waals surface area contributed by atoms with E-state index in [0.29, 0.717) is 67.9 Å². The third-order valence-corrected chi connectivity index (χ3v) is 15.8. The molecule has 14 nitrogen and oxygen atoms in total. The summed E-state index contributed by atoms with van der Waals surface area (Å²) in [7, 11) is 6.01. The van der Waals surface area contributed by atoms with Crippen molar-refractivity contribution < 1.29 is 48.2 Å². The average molecular weight is 827 g/mol. The smallest absolute Gasteiger partial charge is 0.344 e. The number of aromatic amines is 1. The molecule has 6 aliphatic rings. The van der Waals surface area contributed by atoms with Crippen LogP contribution in [0.4, 0.5) is 5.69 Å². The van der Waals surface area contributed by atoms with Crippen molar-refractivity contribution in [3.05, 3.63) is 76.1 Å². The van der Waals surface area contributed by atoms with Gasteiger partial charge in [-0.25, -0.2) is 4.79 Å². The number of H-pyrrole nitrogens is 1. The summed E-state index contributed by atoms with van der Waals surface area (Å²) < 4.78 is 23.2. The van der Waals surface area contributed by atoms with Crippen molar-refractivity contribution in [2.75, 3.05) is 66.0 Å². The van der Waals surface area contributed by atoms with Crippen LogP contribution in [0.25, 0.3) is 10.9 Å². The number of likely N-dealkylation sites (N-methyl/N-ethyl adjacent to an activating group) is 1. The van der Waals surface area contributed by atoms with Crippen molar-refractivity contribution in [2.45, 2.75) is 99.5 Å². The molecule has 2 bridgehead atoms. The number of fused-ring (bicyclic) bond motifs is 6. The molecule has 3 fully saturated rings. The first-order valence-corrected chi connectivity index (χ1v) is 21.4. The number of rotatable bonds is 7. The van der Waals surface area contributed by atoms with Crippen LogP contribution in [0.5, 0.6) is 5.75 Å². The molecule has 0 radical (unpaired) electrons. The second-order valence-corrected chi connectivity index (χ2v) is 18.6. The molecular formula is C46H58N4O10. The molecule has 10 atom stereocenters. The number of aromatic nitrogens is 1. The van der Waals surface area contributed by atoms with Crippen LogP contribution in [0, 0.1) is 16.5 Å². The normalized spacial score (nSPS) is 37.8. The highest BCUT2D eigenvalue weighted by Crippen LogP contribution is 2.68. The first-order chi connectivity index (χ1) is 28.6. The number of quaternary nitrogens is 1. The van der Waals surface area contributed by atoms with Crippen molar-refractivity contribution in [1.29, 1.82) is 0 Å². The van der Waals surface area contributed by atoms with Crippen molar-refractivity contribution in [1.82, 2.24) is 9.88 Å². The number of methoxy groups -OCH3 is 3. The fraction of sp³-hybridized carbons (Fsp3) is 0.587. The van der Waals surface area contributed by atoms with Crippen molar-refractivity contribution in [2.24, 2.45) is 11.3 Å². The van der Waals surface area contributed by atoms with Gasteiger partial charge in [0.25, 0.3) is 0 Å². The van der Waals surface area contributed by atoms with E-state index in [2.05, 4.69) is 9.88 Å². The van der Waals surface area contributed by atoms with E-state index < -0.39 is 68.1 Å². The van der Waals surface area contributed by atoms with Crippen LogP contribution in [-0.2, 0) is 45.8 Å². The topological polar surface area (TPSA) is 174 Å². The molecule has 1 aromatic heterocycles. The zero-order valence-electron chi connectivity index (χ0n) is 35.7. The molecule has 0 amide bonds. The fourth-order valence-electron chi connectivity index (χ4n) is 13.8. The Bertz CT molecular complexity index is 2310. The number of hydrogen-bond donors (Lipinski definition) is 3. The molecule has 1 aliphatic carbocycles. The summed E-state index contributed by atoms with van der Waals surface area (Å²) >= 11 is 0. The Balaban J connectivity index is 1.37. The van der Waals surface area contributed by atoms with Crippen LogP contribution >= 0.6 is 0 Å². The van der Waals surface area contributed by atoms with Crippen molar-refractivity contribution >= 4 is 34.5 Å². The van der Waals surface area contributed by atoms with Gasteiger partial charge in [0.05, 0.1) is 40.5 Å². The minimum absolute atomic E-state index is 0.0737. The van der Waals surface area contributed by atoms with Gasteiger partial charge in [0.2, 0.25) is 5.60 Å². The molecule has 9 rings (SSSR count). The van der Waals surface area contributed by atoms with Gasteiger partial charge in [0.1, 0.15) is 23.3 Å². The maximum atomic E-state index is 15.3. The lowest BCUT2D eigenvalue weighted by Crippen LogP contribution is -2.81. The van der Waals surface area contributed by atoms with Crippen molar-refractivity contribution in [3.63, 3.8) is 0 Å². The van der Waals surface area contributed by atoms with Gasteiger partial charge in [0, 0.05) is 83.6 Å². The van der Waals surface area contributed by atoms with Crippen LogP contribution in [0.15, 0.2) is 48.6 Å². The molecule has 3 aromatic rings. The highest BCUT2D eigenvalue weighted by atomic mass is 16.6. The van der Waals surface area contributed by atoms with Gasteiger partial charge in [-0.05, 0) is 61.9 Å². The number of carbonyl (C=O) groups is 3. The monoisotopic (exact) mass is 826 g/mol. The maximum absolute atomic E-state index is 15.3. The second kappa shape index (κ2) is 13.8. The van der Waals surface area contributed by atoms with Gasteiger partial charge in [0.15, 0.2) is 6.10 Å². The highest BCUT2D eigenvalue weighted by Gasteiger charge is 2.80. The van der Waals surface area contributed by atoms with Gasteiger partial charge in [-0.1, -0.05) is 44.2 Å². The predicted octanol–water partition coefficient (Wildman–Crippen LogP) is 4.00. The maximum Gasteiger partial charge on any atom is 0.344 e. The molecule has 6 heterocycles. The molecule has 2 saturated heterocycles. The summed E-state index contributed by atoms with van der Waals surface area (Å²) in [4.78, 5) is 50.7. The van der Waals surface area contributed by atoms with Crippen LogP contribution in [0.2, 0.25) is 0 Å². The van der Waals surface area contributed by atoms with Gasteiger partial charge >= 0.3 is 17.9 Å². The molecule has 5 aliphatic heterocycles. The quantitative estimate of drug-likeness (QED) is 0.103. The number of anilines is 1. The lowest BCUT2D eigenvalue weighted by atomic mass is 9.47. The van der Waals surface area contributed by atoms with Crippen LogP contribution in [0.1, 0.15) is 75.3 Å². The van der Waals surface area contributed by atoms with E-state index in [9.17, 15) is 25.0 Å². The zero-order chi connectivity index (χ0) is 42.8. The summed E-state index contributed by atoms with van der Waals surface area (Å²) in [5, 5.41) is 41.0. The Kier molecular flexibility index (Phi) is 9.39. The summed E-state index contributed by atoms with van der Waals surface area (Å²) in [6.07, 6.45) is 4.94. The molecule has 60 heavy (non-hydrogen) atoms. The minimum Gasteiger partial charge on any atom is -0.633 e. The molecule has 10 unspecified atom stereocenters. The number of esters is 3. The standard InChI is InChI=1S/C46H58N4O10/c1-8-42(54)23-28-24-45(40(52)58-6,36-30(15-20-50(56,25-28)26-42)29-13-10-11-14-33(29)47-36)32-21-31-34(22-35(32)57-5)48(4)38-44(31)17-19-49-18-12-16-43(9-2,37(44)49)39(60-27(3)51)46(38,55)41(53)59-7/h10-14,16,21-22,28,37-39,47,54-55H,8-9,15,17-20,23-26H2,1-7H3. The van der Waals surface area contributed by atoms with Crippen molar-refractivity contribution in [3.8, 4) is 5.75 Å². The largest absolute Gasteiger partial charge is 0.633 e. The summed E-state index contributed by atoms with van der Waals surface area (Å²) in [5.41, 5.74) is -2.80. The number of benzene rings is 2. The Morgan fingerprint density at radius 2 is 1.75 bits per heavy atom. The predicted molar refractivity (Wildman–Crippen MR) is 222 cm³/mol. The minimum atomic E-state index is -2.34. The lowest BCUT2D eigenvalue weighted by Gasteiger charge is -2.63. The number of hydroxylamine groups is 3. The average Bonchev–Trinajstić information content (AvgIpc) is 3.89. The molecule has 3 N–H and O–H groups in total. The number of hydrogen-bond acceptors (Lipinski definition) is 12.